The van der Waals surface area contributed by atoms with E-state index in [1.807, 2.05) is 0 Å². The summed E-state index contributed by atoms with van der Waals surface area (Å²) in [6.07, 6.45) is -4.13. The van der Waals surface area contributed by atoms with Gasteiger partial charge in [0.25, 0.3) is 0 Å². The van der Waals surface area contributed by atoms with Crippen molar-refractivity contribution < 1.29 is 22.4 Å². The van der Waals surface area contributed by atoms with Gasteiger partial charge in [0.05, 0.1) is 12.6 Å². The van der Waals surface area contributed by atoms with Crippen molar-refractivity contribution in [2.24, 2.45) is 0 Å². The fourth-order valence-electron chi connectivity index (χ4n) is 1.39. The van der Waals surface area contributed by atoms with Gasteiger partial charge in [-0.1, -0.05) is 0 Å². The minimum absolute atomic E-state index is 0.0486. The molecule has 0 saturated carbocycles. The molecule has 1 aromatic heterocycles. The highest BCUT2D eigenvalue weighted by molar-refractivity contribution is 5.94. The normalized spacial score (nSPS) is 11.9. The highest BCUT2D eigenvalue weighted by Crippen LogP contribution is 2.19. The van der Waals surface area contributed by atoms with Crippen molar-refractivity contribution in [1.82, 2.24) is 9.88 Å². The van der Waals surface area contributed by atoms with E-state index < -0.39 is 18.4 Å². The van der Waals surface area contributed by atoms with Gasteiger partial charge in [0.1, 0.15) is 11.5 Å². The van der Waals surface area contributed by atoms with Gasteiger partial charge in [-0.2, -0.15) is 13.2 Å². The minimum Gasteiger partial charge on any atom is -0.306 e. The topological polar surface area (TPSA) is 33.2 Å². The first-order valence-electron chi connectivity index (χ1n) is 5.68. The summed E-state index contributed by atoms with van der Waals surface area (Å²) in [5, 5.41) is 0. The predicted molar refractivity (Wildman–Crippen MR) is 61.3 cm³/mol. The number of rotatable bonds is 6. The van der Waals surface area contributed by atoms with Crippen LogP contribution in [0.5, 0.6) is 0 Å². The number of ketones is 1. The summed E-state index contributed by atoms with van der Waals surface area (Å²) in [7, 11) is 1.51. The molecule has 0 aromatic carbocycles. The molecule has 0 radical (unpaired) electrons. The van der Waals surface area contributed by atoms with E-state index in [9.17, 15) is 22.4 Å². The van der Waals surface area contributed by atoms with Crippen molar-refractivity contribution in [2.45, 2.75) is 19.0 Å². The third-order valence-corrected chi connectivity index (χ3v) is 2.51. The van der Waals surface area contributed by atoms with Crippen molar-refractivity contribution in [2.75, 3.05) is 20.1 Å². The molecule has 0 saturated heterocycles. The number of Topliss-reactive ketones (excluding diaryl/α,β-unsaturated/α-hetero) is 1. The lowest BCUT2D eigenvalue weighted by molar-refractivity contribution is -0.137. The molecule has 0 fully saturated rings. The van der Waals surface area contributed by atoms with E-state index >= 15 is 0 Å². The molecule has 1 heterocycles. The largest absolute Gasteiger partial charge is 0.390 e. The number of hydrogen-bond donors (Lipinski definition) is 0. The highest BCUT2D eigenvalue weighted by Gasteiger charge is 2.27. The number of halogens is 4. The summed E-state index contributed by atoms with van der Waals surface area (Å²) >= 11 is 0. The van der Waals surface area contributed by atoms with Crippen LogP contribution in [-0.4, -0.2) is 42.0 Å². The summed E-state index contributed by atoms with van der Waals surface area (Å²) in [4.78, 5) is 16.7. The fourth-order valence-corrected chi connectivity index (χ4v) is 1.39. The minimum atomic E-state index is -4.20. The van der Waals surface area contributed by atoms with Gasteiger partial charge in [-0.15, -0.1) is 0 Å². The van der Waals surface area contributed by atoms with Gasteiger partial charge >= 0.3 is 6.18 Å². The highest BCUT2D eigenvalue weighted by atomic mass is 19.4. The number of aromatic nitrogens is 1. The Hall–Kier alpha value is -1.50. The van der Waals surface area contributed by atoms with Gasteiger partial charge in [-0.25, -0.2) is 4.39 Å². The summed E-state index contributed by atoms with van der Waals surface area (Å²) in [5.41, 5.74) is 0.116. The lowest BCUT2D eigenvalue weighted by atomic mass is 10.2. The number of nitrogens with zero attached hydrogens (tertiary/aromatic N) is 2. The zero-order valence-corrected chi connectivity index (χ0v) is 10.4. The number of pyridine rings is 1. The smallest absolute Gasteiger partial charge is 0.306 e. The molecule has 1 aromatic rings. The van der Waals surface area contributed by atoms with Crippen LogP contribution >= 0.6 is 0 Å². The van der Waals surface area contributed by atoms with E-state index in [1.165, 1.54) is 18.0 Å². The lowest BCUT2D eigenvalue weighted by Crippen LogP contribution is -2.26. The number of carbonyl (C=O) groups excluding carboxylic acids is 1. The summed E-state index contributed by atoms with van der Waals surface area (Å²) < 4.78 is 48.5. The van der Waals surface area contributed by atoms with Gasteiger partial charge < -0.3 is 4.90 Å². The molecule has 3 nitrogen and oxygen atoms in total. The Labute approximate surface area is 108 Å². The molecular weight excluding hydrogens is 264 g/mol. The van der Waals surface area contributed by atoms with Crippen molar-refractivity contribution in [3.63, 3.8) is 0 Å². The molecule has 106 valence electrons. The van der Waals surface area contributed by atoms with Gasteiger partial charge in [0.15, 0.2) is 5.78 Å². The first-order chi connectivity index (χ1) is 8.78. The average molecular weight is 278 g/mol. The molecule has 0 spiro atoms. The number of hydrogen-bond acceptors (Lipinski definition) is 3. The van der Waals surface area contributed by atoms with Crippen LogP contribution in [0.1, 0.15) is 23.3 Å². The Morgan fingerprint density at radius 1 is 1.32 bits per heavy atom. The lowest BCUT2D eigenvalue weighted by Gasteiger charge is -2.16. The summed E-state index contributed by atoms with van der Waals surface area (Å²) in [6.45, 7) is 0.0433. The monoisotopic (exact) mass is 278 g/mol. The van der Waals surface area contributed by atoms with Crippen LogP contribution in [0.25, 0.3) is 0 Å². The number of alkyl halides is 3. The second-order valence-corrected chi connectivity index (χ2v) is 4.20. The van der Waals surface area contributed by atoms with Crippen LogP contribution in [0.4, 0.5) is 17.6 Å². The van der Waals surface area contributed by atoms with Crippen molar-refractivity contribution in [1.29, 1.82) is 0 Å². The van der Waals surface area contributed by atoms with E-state index in [0.717, 1.165) is 12.3 Å². The van der Waals surface area contributed by atoms with Crippen LogP contribution < -0.4 is 0 Å². The van der Waals surface area contributed by atoms with Crippen molar-refractivity contribution in [3.05, 3.63) is 29.8 Å². The molecule has 1 rings (SSSR count). The van der Waals surface area contributed by atoms with Crippen LogP contribution in [-0.2, 0) is 0 Å². The Kier molecular flexibility index (Phi) is 5.41. The van der Waals surface area contributed by atoms with E-state index in [0.29, 0.717) is 0 Å². The second kappa shape index (κ2) is 6.60. The molecule has 0 atom stereocenters. The van der Waals surface area contributed by atoms with Crippen LogP contribution in [0.15, 0.2) is 18.3 Å². The Balaban J connectivity index is 2.36. The molecule has 0 aliphatic carbocycles. The third kappa shape index (κ3) is 6.28. The first kappa shape index (κ1) is 15.6. The molecule has 0 N–H and O–H groups in total. The van der Waals surface area contributed by atoms with E-state index in [1.54, 1.807) is 0 Å². The van der Waals surface area contributed by atoms with E-state index in [4.69, 9.17) is 0 Å². The molecular formula is C12H14F4N2O. The maximum Gasteiger partial charge on any atom is 0.390 e. The molecule has 19 heavy (non-hydrogen) atoms. The maximum absolute atomic E-state index is 12.6. The molecule has 0 amide bonds. The Morgan fingerprint density at radius 3 is 2.53 bits per heavy atom. The zero-order valence-electron chi connectivity index (χ0n) is 10.4. The first-order valence-corrected chi connectivity index (χ1v) is 5.68. The van der Waals surface area contributed by atoms with E-state index in [-0.39, 0.29) is 31.0 Å². The molecule has 0 aliphatic heterocycles. The Morgan fingerprint density at radius 2 is 2.00 bits per heavy atom. The predicted octanol–water partition coefficient (Wildman–Crippen LogP) is 2.68. The zero-order chi connectivity index (χ0) is 14.5. The van der Waals surface area contributed by atoms with Gasteiger partial charge in [0.2, 0.25) is 0 Å². The van der Waals surface area contributed by atoms with Gasteiger partial charge in [-0.3, -0.25) is 9.78 Å². The van der Waals surface area contributed by atoms with Crippen LogP contribution in [0.3, 0.4) is 0 Å². The van der Waals surface area contributed by atoms with Crippen molar-refractivity contribution >= 4 is 5.78 Å². The van der Waals surface area contributed by atoms with Gasteiger partial charge in [-0.05, 0) is 19.2 Å². The quantitative estimate of drug-likeness (QED) is 0.592. The van der Waals surface area contributed by atoms with Gasteiger partial charge in [0, 0.05) is 19.5 Å². The molecule has 0 aliphatic rings. The van der Waals surface area contributed by atoms with Crippen LogP contribution in [0.2, 0.25) is 0 Å². The second-order valence-electron chi connectivity index (χ2n) is 4.20. The maximum atomic E-state index is 12.6. The summed E-state index contributed by atoms with van der Waals surface area (Å²) in [6, 6.07) is 2.38. The Bertz CT molecular complexity index is 417. The fraction of sp³-hybridized carbons (Fsp3) is 0.500. The molecule has 0 unspecified atom stereocenters. The van der Waals surface area contributed by atoms with Crippen LogP contribution in [0, 0.1) is 5.82 Å². The third-order valence-electron chi connectivity index (χ3n) is 2.51. The van der Waals surface area contributed by atoms with E-state index in [2.05, 4.69) is 4.98 Å². The molecule has 7 heteroatoms. The van der Waals surface area contributed by atoms with Crippen molar-refractivity contribution in [3.8, 4) is 0 Å². The standard InChI is InChI=1S/C12H14F4N2O/c1-18(7-5-12(14,15)16)6-4-11(19)10-3-2-9(13)8-17-10/h2-3,8H,4-7H2,1H3. The summed E-state index contributed by atoms with van der Waals surface area (Å²) in [5.74, 6) is -0.863. The SMILES string of the molecule is CN(CCC(=O)c1ccc(F)cn1)CCC(F)(F)F. The average Bonchev–Trinajstić information content (AvgIpc) is 2.33. The molecule has 0 bridgehead atoms. The number of carbonyl (C=O) groups is 1.